The van der Waals surface area contributed by atoms with Crippen molar-refractivity contribution in [1.29, 1.82) is 0 Å². The van der Waals surface area contributed by atoms with Gasteiger partial charge in [0.2, 0.25) is 11.8 Å². The van der Waals surface area contributed by atoms with Crippen molar-refractivity contribution >= 4 is 43.7 Å². The molecule has 35 heavy (non-hydrogen) atoms. The van der Waals surface area contributed by atoms with E-state index in [4.69, 9.17) is 0 Å². The van der Waals surface area contributed by atoms with Gasteiger partial charge in [0, 0.05) is 30.5 Å². The van der Waals surface area contributed by atoms with Crippen LogP contribution in [0.2, 0.25) is 0 Å². The first-order chi connectivity index (χ1) is 16.5. The molecule has 0 spiro atoms. The molecule has 0 saturated heterocycles. The summed E-state index contributed by atoms with van der Waals surface area (Å²) < 4.78 is 27.2. The Morgan fingerprint density at radius 2 is 1.71 bits per heavy atom. The summed E-state index contributed by atoms with van der Waals surface area (Å²) in [4.78, 5) is 40.0. The number of nitrogens with zero attached hydrogens (tertiary/aromatic N) is 2. The highest BCUT2D eigenvalue weighted by Gasteiger charge is 2.40. The summed E-state index contributed by atoms with van der Waals surface area (Å²) in [6.07, 6.45) is 0.142. The molecule has 8 nitrogen and oxygen atoms in total. The number of halogens is 1. The predicted molar refractivity (Wildman–Crippen MR) is 136 cm³/mol. The van der Waals surface area contributed by atoms with Gasteiger partial charge in [-0.25, -0.2) is 12.7 Å². The van der Waals surface area contributed by atoms with Crippen LogP contribution in [0.25, 0.3) is 0 Å². The molecule has 0 radical (unpaired) electrons. The minimum absolute atomic E-state index is 0.00598. The Bertz CT molecular complexity index is 1200. The van der Waals surface area contributed by atoms with Crippen LogP contribution in [-0.4, -0.2) is 54.5 Å². The van der Waals surface area contributed by atoms with Crippen molar-refractivity contribution < 1.29 is 22.8 Å². The minimum Gasteiger partial charge on any atom is -0.354 e. The van der Waals surface area contributed by atoms with E-state index in [9.17, 15) is 22.8 Å². The summed E-state index contributed by atoms with van der Waals surface area (Å²) in [5.41, 5.74) is 1.00. The molecular formula is C25H30BrN3O5S. The number of amides is 3. The number of nitrogens with one attached hydrogen (secondary N) is 1. The third kappa shape index (κ3) is 6.29. The van der Waals surface area contributed by atoms with E-state index in [0.29, 0.717) is 6.54 Å². The molecule has 1 atom stereocenters. The normalized spacial score (nSPS) is 15.1. The SMILES string of the molecule is CC(C)CNC(=O)[C@@H](C)N(Cc1ccc(Br)cc1)C(=O)CCCN1C(=O)c2ccccc2S1(=O)=O. The van der Waals surface area contributed by atoms with Crippen LogP contribution in [0, 0.1) is 5.92 Å². The molecule has 2 aromatic carbocycles. The highest BCUT2D eigenvalue weighted by molar-refractivity contribution is 9.10. The molecule has 1 aliphatic rings. The summed E-state index contributed by atoms with van der Waals surface area (Å²) in [6, 6.07) is 12.8. The molecule has 0 bridgehead atoms. The Morgan fingerprint density at radius 1 is 1.06 bits per heavy atom. The van der Waals surface area contributed by atoms with Crippen LogP contribution in [0.1, 0.15) is 49.5 Å². The zero-order valence-electron chi connectivity index (χ0n) is 20.0. The summed E-state index contributed by atoms with van der Waals surface area (Å²) in [6.45, 7) is 6.27. The lowest BCUT2D eigenvalue weighted by molar-refractivity contribution is -0.140. The molecule has 1 heterocycles. The second-order valence-corrected chi connectivity index (χ2v) is 11.7. The molecule has 1 N–H and O–H groups in total. The maximum atomic E-state index is 13.2. The highest BCUT2D eigenvalue weighted by atomic mass is 79.9. The number of carbonyl (C=O) groups excluding carboxylic acids is 3. The van der Waals surface area contributed by atoms with Crippen molar-refractivity contribution in [3.63, 3.8) is 0 Å². The summed E-state index contributed by atoms with van der Waals surface area (Å²) in [7, 11) is -3.92. The Balaban J connectivity index is 1.69. The van der Waals surface area contributed by atoms with Gasteiger partial charge in [-0.3, -0.25) is 14.4 Å². The third-order valence-corrected chi connectivity index (χ3v) is 8.15. The Kier molecular flexibility index (Phi) is 8.71. The zero-order valence-corrected chi connectivity index (χ0v) is 22.4. The second-order valence-electron chi connectivity index (χ2n) is 8.95. The van der Waals surface area contributed by atoms with Gasteiger partial charge in [-0.05, 0) is 49.1 Å². The van der Waals surface area contributed by atoms with E-state index < -0.39 is 22.0 Å². The van der Waals surface area contributed by atoms with Crippen LogP contribution in [0.5, 0.6) is 0 Å². The lowest BCUT2D eigenvalue weighted by Gasteiger charge is -2.29. The summed E-state index contributed by atoms with van der Waals surface area (Å²) in [5.74, 6) is -0.856. The van der Waals surface area contributed by atoms with Gasteiger partial charge in [0.05, 0.1) is 5.56 Å². The molecule has 3 rings (SSSR count). The number of benzene rings is 2. The first-order valence-electron chi connectivity index (χ1n) is 11.5. The molecule has 0 unspecified atom stereocenters. The maximum absolute atomic E-state index is 13.2. The van der Waals surface area contributed by atoms with Crippen molar-refractivity contribution in [3.05, 3.63) is 64.1 Å². The quantitative estimate of drug-likeness (QED) is 0.476. The summed E-state index contributed by atoms with van der Waals surface area (Å²) >= 11 is 3.39. The van der Waals surface area contributed by atoms with Gasteiger partial charge in [-0.2, -0.15) is 0 Å². The molecule has 10 heteroatoms. The number of fused-ring (bicyclic) bond motifs is 1. The van der Waals surface area contributed by atoms with Gasteiger partial charge >= 0.3 is 0 Å². The highest BCUT2D eigenvalue weighted by Crippen LogP contribution is 2.30. The average Bonchev–Trinajstić information content (AvgIpc) is 3.02. The molecule has 2 aromatic rings. The topological polar surface area (TPSA) is 104 Å². The number of sulfonamides is 1. The van der Waals surface area contributed by atoms with E-state index in [1.807, 2.05) is 38.1 Å². The largest absolute Gasteiger partial charge is 0.354 e. The molecule has 0 fully saturated rings. The molecule has 0 aromatic heterocycles. The second kappa shape index (κ2) is 11.3. The first kappa shape index (κ1) is 26.9. The van der Waals surface area contributed by atoms with E-state index in [0.717, 1.165) is 14.3 Å². The number of rotatable bonds is 10. The van der Waals surface area contributed by atoms with Gasteiger partial charge in [0.25, 0.3) is 15.9 Å². The van der Waals surface area contributed by atoms with Crippen molar-refractivity contribution in [2.75, 3.05) is 13.1 Å². The van der Waals surface area contributed by atoms with Crippen molar-refractivity contribution in [1.82, 2.24) is 14.5 Å². The van der Waals surface area contributed by atoms with Gasteiger partial charge < -0.3 is 10.2 Å². The first-order valence-corrected chi connectivity index (χ1v) is 13.7. The third-order valence-electron chi connectivity index (χ3n) is 5.78. The average molecular weight is 565 g/mol. The number of carbonyl (C=O) groups is 3. The fourth-order valence-corrected chi connectivity index (χ4v) is 5.66. The molecule has 188 valence electrons. The van der Waals surface area contributed by atoms with Gasteiger partial charge in [-0.15, -0.1) is 0 Å². The lowest BCUT2D eigenvalue weighted by atomic mass is 10.1. The maximum Gasteiger partial charge on any atom is 0.269 e. The van der Waals surface area contributed by atoms with Crippen molar-refractivity contribution in [3.8, 4) is 0 Å². The standard InChI is InChI=1S/C25H30BrN3O5S/c1-17(2)15-27-24(31)18(3)28(16-19-10-12-20(26)13-11-19)23(30)9-6-14-29-25(32)21-7-4-5-8-22(21)35(29,33)34/h4-5,7-8,10-13,17-18H,6,9,14-16H2,1-3H3,(H,27,31)/t18-/m1/s1. The van der Waals surface area contributed by atoms with Crippen LogP contribution in [0.3, 0.4) is 0 Å². The van der Waals surface area contributed by atoms with Crippen molar-refractivity contribution in [2.24, 2.45) is 5.92 Å². The van der Waals surface area contributed by atoms with E-state index in [2.05, 4.69) is 21.2 Å². The van der Waals surface area contributed by atoms with Crippen molar-refractivity contribution in [2.45, 2.75) is 51.1 Å². The number of hydrogen-bond acceptors (Lipinski definition) is 5. The molecule has 0 aliphatic carbocycles. The monoisotopic (exact) mass is 563 g/mol. The fraction of sp³-hybridized carbons (Fsp3) is 0.400. The predicted octanol–water partition coefficient (Wildman–Crippen LogP) is 3.56. The Labute approximate surface area is 214 Å². The van der Waals surface area contributed by atoms with Crippen LogP contribution >= 0.6 is 15.9 Å². The van der Waals surface area contributed by atoms with Gasteiger partial charge in [0.1, 0.15) is 10.9 Å². The fourth-order valence-electron chi connectivity index (χ4n) is 3.79. The van der Waals surface area contributed by atoms with E-state index in [1.54, 1.807) is 19.1 Å². The van der Waals surface area contributed by atoms with Gasteiger partial charge in [-0.1, -0.05) is 54.0 Å². The van der Waals surface area contributed by atoms with Crippen LogP contribution in [0.4, 0.5) is 0 Å². The van der Waals surface area contributed by atoms with Crippen LogP contribution in [-0.2, 0) is 26.2 Å². The van der Waals surface area contributed by atoms with E-state index in [-0.39, 0.29) is 54.1 Å². The molecule has 0 saturated carbocycles. The molecule has 3 amide bonds. The van der Waals surface area contributed by atoms with E-state index in [1.165, 1.54) is 17.0 Å². The summed E-state index contributed by atoms with van der Waals surface area (Å²) in [5, 5.41) is 2.87. The minimum atomic E-state index is -3.92. The smallest absolute Gasteiger partial charge is 0.269 e. The van der Waals surface area contributed by atoms with Crippen LogP contribution in [0.15, 0.2) is 57.9 Å². The van der Waals surface area contributed by atoms with Crippen LogP contribution < -0.4 is 5.32 Å². The lowest BCUT2D eigenvalue weighted by Crippen LogP contribution is -2.48. The Morgan fingerprint density at radius 3 is 2.34 bits per heavy atom. The zero-order chi connectivity index (χ0) is 25.8. The number of hydrogen-bond donors (Lipinski definition) is 1. The Hall–Kier alpha value is -2.72. The van der Waals surface area contributed by atoms with E-state index >= 15 is 0 Å². The molecule has 1 aliphatic heterocycles. The van der Waals surface area contributed by atoms with Gasteiger partial charge in [0.15, 0.2) is 0 Å². The molecular weight excluding hydrogens is 534 g/mol.